The highest BCUT2D eigenvalue weighted by Gasteiger charge is 2.27. The molecule has 0 saturated carbocycles. The Morgan fingerprint density at radius 1 is 1.29 bits per heavy atom. The van der Waals surface area contributed by atoms with E-state index >= 15 is 0 Å². The zero-order chi connectivity index (χ0) is 16.1. The number of aryl methyl sites for hydroxylation is 1. The first-order valence-electron chi connectivity index (χ1n) is 8.09. The second-order valence-corrected chi connectivity index (χ2v) is 5.87. The Bertz CT molecular complexity index is 648. The van der Waals surface area contributed by atoms with Gasteiger partial charge in [-0.25, -0.2) is 0 Å². The lowest BCUT2D eigenvalue weighted by molar-refractivity contribution is -0.144. The number of piperidine rings is 1. The van der Waals surface area contributed by atoms with E-state index in [0.717, 1.165) is 44.3 Å². The summed E-state index contributed by atoms with van der Waals surface area (Å²) in [7, 11) is 0. The smallest absolute Gasteiger partial charge is 0.320 e. The molecule has 7 heteroatoms. The summed E-state index contributed by atoms with van der Waals surface area (Å²) >= 11 is 0. The van der Waals surface area contributed by atoms with Gasteiger partial charge in [0.15, 0.2) is 0 Å². The van der Waals surface area contributed by atoms with E-state index in [-0.39, 0.29) is 18.4 Å². The molecule has 24 heavy (non-hydrogen) atoms. The highest BCUT2D eigenvalue weighted by Crippen LogP contribution is 2.19. The SMILES string of the molecule is Cl.O=C(O)C1CCCCN1CCCc1nc(-c2ccccc2)no1. The first-order chi connectivity index (χ1) is 11.2. The van der Waals surface area contributed by atoms with Crippen LogP contribution in [0.25, 0.3) is 11.4 Å². The zero-order valence-corrected chi connectivity index (χ0v) is 14.2. The van der Waals surface area contributed by atoms with E-state index in [9.17, 15) is 9.90 Å². The van der Waals surface area contributed by atoms with Crippen LogP contribution >= 0.6 is 12.4 Å². The third kappa shape index (κ3) is 4.55. The van der Waals surface area contributed by atoms with Gasteiger partial charge in [-0.2, -0.15) is 4.98 Å². The molecule has 2 aromatic rings. The van der Waals surface area contributed by atoms with Gasteiger partial charge in [0, 0.05) is 12.0 Å². The second-order valence-electron chi connectivity index (χ2n) is 5.87. The van der Waals surface area contributed by atoms with E-state index in [1.54, 1.807) is 0 Å². The molecular formula is C17H22ClN3O3. The number of aliphatic carboxylic acids is 1. The fourth-order valence-corrected chi connectivity index (χ4v) is 3.03. The monoisotopic (exact) mass is 351 g/mol. The molecule has 1 aliphatic heterocycles. The van der Waals surface area contributed by atoms with Crippen LogP contribution in [0.15, 0.2) is 34.9 Å². The summed E-state index contributed by atoms with van der Waals surface area (Å²) in [6.07, 6.45) is 4.30. The molecule has 0 bridgehead atoms. The molecule has 0 radical (unpaired) electrons. The molecule has 0 spiro atoms. The first kappa shape index (κ1) is 18.4. The summed E-state index contributed by atoms with van der Waals surface area (Å²) in [4.78, 5) is 17.7. The number of carbonyl (C=O) groups is 1. The number of hydrogen-bond donors (Lipinski definition) is 1. The van der Waals surface area contributed by atoms with E-state index in [1.165, 1.54) is 0 Å². The van der Waals surface area contributed by atoms with E-state index in [2.05, 4.69) is 15.0 Å². The van der Waals surface area contributed by atoms with Crippen molar-refractivity contribution in [1.29, 1.82) is 0 Å². The van der Waals surface area contributed by atoms with Crippen molar-refractivity contribution in [2.45, 2.75) is 38.1 Å². The number of benzene rings is 1. The molecule has 1 fully saturated rings. The summed E-state index contributed by atoms with van der Waals surface area (Å²) < 4.78 is 5.29. The summed E-state index contributed by atoms with van der Waals surface area (Å²) in [6, 6.07) is 9.37. The lowest BCUT2D eigenvalue weighted by atomic mass is 10.0. The number of carboxylic acids is 1. The van der Waals surface area contributed by atoms with Gasteiger partial charge in [-0.1, -0.05) is 41.9 Å². The molecule has 0 aliphatic carbocycles. The quantitative estimate of drug-likeness (QED) is 0.861. The lowest BCUT2D eigenvalue weighted by Gasteiger charge is -2.32. The highest BCUT2D eigenvalue weighted by atomic mass is 35.5. The molecule has 0 amide bonds. The normalized spacial score (nSPS) is 18.1. The molecule has 130 valence electrons. The third-order valence-electron chi connectivity index (χ3n) is 4.23. The molecular weight excluding hydrogens is 330 g/mol. The Balaban J connectivity index is 0.00000208. The van der Waals surface area contributed by atoms with Crippen LogP contribution < -0.4 is 0 Å². The van der Waals surface area contributed by atoms with Crippen LogP contribution in [-0.2, 0) is 11.2 Å². The maximum absolute atomic E-state index is 11.3. The number of carboxylic acid groups (broad SMARTS) is 1. The average molecular weight is 352 g/mol. The fourth-order valence-electron chi connectivity index (χ4n) is 3.03. The van der Waals surface area contributed by atoms with Gasteiger partial charge in [0.2, 0.25) is 11.7 Å². The summed E-state index contributed by atoms with van der Waals surface area (Å²) in [5.41, 5.74) is 0.935. The van der Waals surface area contributed by atoms with Crippen molar-refractivity contribution in [2.24, 2.45) is 0 Å². The Kier molecular flexibility index (Phi) is 6.75. The third-order valence-corrected chi connectivity index (χ3v) is 4.23. The minimum atomic E-state index is -0.714. The summed E-state index contributed by atoms with van der Waals surface area (Å²) in [5, 5.41) is 13.3. The van der Waals surface area contributed by atoms with Gasteiger partial charge in [-0.15, -0.1) is 12.4 Å². The zero-order valence-electron chi connectivity index (χ0n) is 13.4. The maximum atomic E-state index is 11.3. The fraction of sp³-hybridized carbons (Fsp3) is 0.471. The van der Waals surface area contributed by atoms with Gasteiger partial charge in [0.1, 0.15) is 6.04 Å². The first-order valence-corrected chi connectivity index (χ1v) is 8.09. The number of hydrogen-bond acceptors (Lipinski definition) is 5. The summed E-state index contributed by atoms with van der Waals surface area (Å²) in [6.45, 7) is 1.61. The number of rotatable bonds is 6. The predicted molar refractivity (Wildman–Crippen MR) is 92.2 cm³/mol. The van der Waals surface area contributed by atoms with Crippen LogP contribution in [0.4, 0.5) is 0 Å². The molecule has 1 N–H and O–H groups in total. The van der Waals surface area contributed by atoms with E-state index in [4.69, 9.17) is 4.52 Å². The van der Waals surface area contributed by atoms with Gasteiger partial charge in [-0.3, -0.25) is 9.69 Å². The molecule has 1 aromatic heterocycles. The van der Waals surface area contributed by atoms with Crippen LogP contribution in [0.2, 0.25) is 0 Å². The van der Waals surface area contributed by atoms with Crippen LogP contribution in [0.5, 0.6) is 0 Å². The van der Waals surface area contributed by atoms with Crippen molar-refractivity contribution in [3.05, 3.63) is 36.2 Å². The molecule has 1 unspecified atom stereocenters. The molecule has 1 saturated heterocycles. The Morgan fingerprint density at radius 3 is 2.83 bits per heavy atom. The van der Waals surface area contributed by atoms with Crippen LogP contribution in [0.1, 0.15) is 31.6 Å². The predicted octanol–water partition coefficient (Wildman–Crippen LogP) is 3.03. The van der Waals surface area contributed by atoms with E-state index < -0.39 is 5.97 Å². The van der Waals surface area contributed by atoms with Crippen LogP contribution in [0.3, 0.4) is 0 Å². The Morgan fingerprint density at radius 2 is 2.08 bits per heavy atom. The minimum Gasteiger partial charge on any atom is -0.480 e. The van der Waals surface area contributed by atoms with E-state index in [0.29, 0.717) is 18.1 Å². The molecule has 1 aliphatic rings. The second kappa shape index (κ2) is 8.80. The Labute approximate surface area is 147 Å². The molecule has 3 rings (SSSR count). The van der Waals surface area contributed by atoms with Gasteiger partial charge in [0.05, 0.1) is 0 Å². The summed E-state index contributed by atoms with van der Waals surface area (Å²) in [5.74, 6) is 0.489. The number of nitrogens with zero attached hydrogens (tertiary/aromatic N) is 3. The molecule has 1 atom stereocenters. The topological polar surface area (TPSA) is 79.5 Å². The van der Waals surface area contributed by atoms with Gasteiger partial charge in [0.25, 0.3) is 0 Å². The van der Waals surface area contributed by atoms with Crippen molar-refractivity contribution in [1.82, 2.24) is 15.0 Å². The average Bonchev–Trinajstić information content (AvgIpc) is 3.05. The van der Waals surface area contributed by atoms with Crippen molar-refractivity contribution >= 4 is 18.4 Å². The Hall–Kier alpha value is -1.92. The van der Waals surface area contributed by atoms with Crippen molar-refractivity contribution in [3.8, 4) is 11.4 Å². The van der Waals surface area contributed by atoms with Crippen molar-refractivity contribution < 1.29 is 14.4 Å². The largest absolute Gasteiger partial charge is 0.480 e. The number of halogens is 1. The van der Waals surface area contributed by atoms with Gasteiger partial charge >= 0.3 is 5.97 Å². The number of likely N-dealkylation sites (tertiary alicyclic amines) is 1. The molecule has 2 heterocycles. The van der Waals surface area contributed by atoms with E-state index in [1.807, 2.05) is 30.3 Å². The standard InChI is InChI=1S/C17H21N3O3.ClH/c21-17(22)14-9-4-5-11-20(14)12-6-10-15-18-16(19-23-15)13-7-2-1-3-8-13;/h1-3,7-8,14H,4-6,9-12H2,(H,21,22);1H. The van der Waals surface area contributed by atoms with Crippen LogP contribution in [0, 0.1) is 0 Å². The van der Waals surface area contributed by atoms with Crippen LogP contribution in [-0.4, -0.2) is 45.2 Å². The minimum absolute atomic E-state index is 0. The molecule has 1 aromatic carbocycles. The highest BCUT2D eigenvalue weighted by molar-refractivity contribution is 5.85. The number of aromatic nitrogens is 2. The van der Waals surface area contributed by atoms with Gasteiger partial charge in [-0.05, 0) is 32.4 Å². The maximum Gasteiger partial charge on any atom is 0.320 e. The van der Waals surface area contributed by atoms with Crippen molar-refractivity contribution in [3.63, 3.8) is 0 Å². The van der Waals surface area contributed by atoms with Gasteiger partial charge < -0.3 is 9.63 Å². The lowest BCUT2D eigenvalue weighted by Crippen LogP contribution is -2.45. The van der Waals surface area contributed by atoms with Crippen molar-refractivity contribution in [2.75, 3.05) is 13.1 Å². The molecule has 6 nitrogen and oxygen atoms in total.